The Bertz CT molecular complexity index is 717. The molecule has 0 bridgehead atoms. The van der Waals surface area contributed by atoms with Gasteiger partial charge in [-0.05, 0) is 18.6 Å². The highest BCUT2D eigenvalue weighted by molar-refractivity contribution is 6.00. The number of hydrogen-bond acceptors (Lipinski definition) is 3. The summed E-state index contributed by atoms with van der Waals surface area (Å²) in [6.45, 7) is 1.51. The lowest BCUT2D eigenvalue weighted by Crippen LogP contribution is -2.34. The van der Waals surface area contributed by atoms with E-state index in [1.54, 1.807) is 30.7 Å². The van der Waals surface area contributed by atoms with Crippen molar-refractivity contribution in [3.8, 4) is 0 Å². The highest BCUT2D eigenvalue weighted by Gasteiger charge is 2.35. The van der Waals surface area contributed by atoms with Crippen molar-refractivity contribution in [3.63, 3.8) is 0 Å². The molecule has 1 aliphatic rings. The Morgan fingerprint density at radius 2 is 2.21 bits per heavy atom. The summed E-state index contributed by atoms with van der Waals surface area (Å²) in [5.74, 6) is -1.27. The number of benzene rings is 1. The zero-order valence-corrected chi connectivity index (χ0v) is 13.2. The standard InChI is InChI=1S/C17H19FN4O2/c18-14-4-1-2-5-15(14)22-11-13(10-16(22)23)17(24)20-6-3-8-21-9-7-19-12-21/h1-2,4-5,7,9,12-13H,3,6,8,10-11H2,(H,20,24)/t13-/m0/s1. The van der Waals surface area contributed by atoms with Crippen molar-refractivity contribution in [2.75, 3.05) is 18.0 Å². The molecule has 0 radical (unpaired) electrons. The molecule has 6 nitrogen and oxygen atoms in total. The van der Waals surface area contributed by atoms with Gasteiger partial charge in [-0.25, -0.2) is 9.37 Å². The lowest BCUT2D eigenvalue weighted by Gasteiger charge is -2.17. The molecule has 7 heteroatoms. The SMILES string of the molecule is O=C(NCCCn1ccnc1)[C@H]1CC(=O)N(c2ccccc2F)C1. The maximum atomic E-state index is 13.8. The van der Waals surface area contributed by atoms with Crippen molar-refractivity contribution in [2.24, 2.45) is 5.92 Å². The van der Waals surface area contributed by atoms with E-state index in [-0.39, 0.29) is 30.5 Å². The molecule has 1 aliphatic heterocycles. The molecule has 0 saturated carbocycles. The normalized spacial score (nSPS) is 17.3. The van der Waals surface area contributed by atoms with Crippen LogP contribution in [0.15, 0.2) is 43.0 Å². The summed E-state index contributed by atoms with van der Waals surface area (Å²) in [6, 6.07) is 6.11. The van der Waals surface area contributed by atoms with Crippen LogP contribution in [-0.4, -0.2) is 34.5 Å². The number of aryl methyl sites for hydroxylation is 1. The number of hydrogen-bond donors (Lipinski definition) is 1. The van der Waals surface area contributed by atoms with Gasteiger partial charge in [0.1, 0.15) is 5.82 Å². The summed E-state index contributed by atoms with van der Waals surface area (Å²) in [7, 11) is 0. The first-order chi connectivity index (χ1) is 11.6. The van der Waals surface area contributed by atoms with Gasteiger partial charge in [-0.3, -0.25) is 9.59 Å². The molecule has 1 saturated heterocycles. The van der Waals surface area contributed by atoms with Crippen LogP contribution in [0, 0.1) is 11.7 Å². The summed E-state index contributed by atoms with van der Waals surface area (Å²) in [4.78, 5) is 29.6. The first kappa shape index (κ1) is 16.2. The van der Waals surface area contributed by atoms with Gasteiger partial charge in [0.15, 0.2) is 0 Å². The topological polar surface area (TPSA) is 67.2 Å². The molecule has 24 heavy (non-hydrogen) atoms. The van der Waals surface area contributed by atoms with Crippen LogP contribution in [-0.2, 0) is 16.1 Å². The Morgan fingerprint density at radius 1 is 1.38 bits per heavy atom. The Balaban J connectivity index is 1.50. The Kier molecular flexibility index (Phi) is 4.88. The van der Waals surface area contributed by atoms with Crippen LogP contribution in [0.4, 0.5) is 10.1 Å². The van der Waals surface area contributed by atoms with Crippen molar-refractivity contribution < 1.29 is 14.0 Å². The van der Waals surface area contributed by atoms with E-state index in [1.165, 1.54) is 11.0 Å². The molecule has 2 aromatic rings. The van der Waals surface area contributed by atoms with E-state index in [2.05, 4.69) is 10.3 Å². The zero-order chi connectivity index (χ0) is 16.9. The predicted molar refractivity (Wildman–Crippen MR) is 86.7 cm³/mol. The molecule has 1 fully saturated rings. The monoisotopic (exact) mass is 330 g/mol. The van der Waals surface area contributed by atoms with E-state index in [4.69, 9.17) is 0 Å². The lowest BCUT2D eigenvalue weighted by atomic mass is 10.1. The molecule has 0 unspecified atom stereocenters. The number of halogens is 1. The van der Waals surface area contributed by atoms with Crippen molar-refractivity contribution in [2.45, 2.75) is 19.4 Å². The number of nitrogens with zero attached hydrogens (tertiary/aromatic N) is 3. The van der Waals surface area contributed by atoms with Gasteiger partial charge >= 0.3 is 0 Å². The van der Waals surface area contributed by atoms with Gasteiger partial charge in [0.25, 0.3) is 0 Å². The quantitative estimate of drug-likeness (QED) is 0.818. The van der Waals surface area contributed by atoms with Crippen molar-refractivity contribution in [3.05, 3.63) is 48.8 Å². The molecule has 0 aliphatic carbocycles. The molecular formula is C17H19FN4O2. The third-order valence-corrected chi connectivity index (χ3v) is 4.09. The lowest BCUT2D eigenvalue weighted by molar-refractivity contribution is -0.126. The van der Waals surface area contributed by atoms with Gasteiger partial charge in [0, 0.05) is 38.4 Å². The van der Waals surface area contributed by atoms with Crippen LogP contribution in [0.1, 0.15) is 12.8 Å². The minimum absolute atomic E-state index is 0.113. The molecule has 1 N–H and O–H groups in total. The number of anilines is 1. The van der Waals surface area contributed by atoms with Gasteiger partial charge in [-0.15, -0.1) is 0 Å². The molecule has 0 spiro atoms. The summed E-state index contributed by atoms with van der Waals surface area (Å²) in [5, 5.41) is 2.85. The molecule has 2 amide bonds. The third kappa shape index (κ3) is 3.61. The second kappa shape index (κ2) is 7.25. The van der Waals surface area contributed by atoms with E-state index < -0.39 is 11.7 Å². The number of para-hydroxylation sites is 1. The molecule has 1 aromatic carbocycles. The Morgan fingerprint density at radius 3 is 2.96 bits per heavy atom. The minimum atomic E-state index is -0.452. The molecule has 1 aromatic heterocycles. The first-order valence-electron chi connectivity index (χ1n) is 7.93. The minimum Gasteiger partial charge on any atom is -0.356 e. The number of nitrogens with one attached hydrogen (secondary N) is 1. The van der Waals surface area contributed by atoms with Gasteiger partial charge in [0.05, 0.1) is 17.9 Å². The number of amides is 2. The van der Waals surface area contributed by atoms with E-state index >= 15 is 0 Å². The van der Waals surface area contributed by atoms with Crippen molar-refractivity contribution in [1.82, 2.24) is 14.9 Å². The summed E-state index contributed by atoms with van der Waals surface area (Å²) < 4.78 is 15.8. The average Bonchev–Trinajstić information content (AvgIpc) is 3.22. The van der Waals surface area contributed by atoms with Gasteiger partial charge < -0.3 is 14.8 Å². The number of carbonyl (C=O) groups excluding carboxylic acids is 2. The smallest absolute Gasteiger partial charge is 0.227 e. The van der Waals surface area contributed by atoms with Crippen molar-refractivity contribution in [1.29, 1.82) is 0 Å². The average molecular weight is 330 g/mol. The Hall–Kier alpha value is -2.70. The number of carbonyl (C=O) groups is 2. The largest absolute Gasteiger partial charge is 0.356 e. The second-order valence-corrected chi connectivity index (χ2v) is 5.80. The van der Waals surface area contributed by atoms with E-state index in [1.807, 2.05) is 10.8 Å². The predicted octanol–water partition coefficient (Wildman–Crippen LogP) is 1.58. The summed E-state index contributed by atoms with van der Waals surface area (Å²) >= 11 is 0. The number of imidazole rings is 1. The third-order valence-electron chi connectivity index (χ3n) is 4.09. The van der Waals surface area contributed by atoms with Crippen LogP contribution in [0.25, 0.3) is 0 Å². The fourth-order valence-corrected chi connectivity index (χ4v) is 2.82. The molecule has 126 valence electrons. The highest BCUT2D eigenvalue weighted by atomic mass is 19.1. The van der Waals surface area contributed by atoms with Crippen LogP contribution in [0.5, 0.6) is 0 Å². The number of aromatic nitrogens is 2. The second-order valence-electron chi connectivity index (χ2n) is 5.80. The van der Waals surface area contributed by atoms with E-state index in [0.29, 0.717) is 6.54 Å². The summed E-state index contributed by atoms with van der Waals surface area (Å²) in [6.07, 6.45) is 6.19. The summed E-state index contributed by atoms with van der Waals surface area (Å²) in [5.41, 5.74) is 0.234. The van der Waals surface area contributed by atoms with Crippen LogP contribution < -0.4 is 10.2 Å². The molecular weight excluding hydrogens is 311 g/mol. The Labute approximate surface area is 139 Å². The highest BCUT2D eigenvalue weighted by Crippen LogP contribution is 2.27. The fraction of sp³-hybridized carbons (Fsp3) is 0.353. The first-order valence-corrected chi connectivity index (χ1v) is 7.93. The van der Waals surface area contributed by atoms with Gasteiger partial charge in [-0.2, -0.15) is 0 Å². The van der Waals surface area contributed by atoms with Gasteiger partial charge in [-0.1, -0.05) is 12.1 Å². The maximum Gasteiger partial charge on any atom is 0.227 e. The number of rotatable bonds is 6. The molecule has 1 atom stereocenters. The van der Waals surface area contributed by atoms with Gasteiger partial charge in [0.2, 0.25) is 11.8 Å². The van der Waals surface area contributed by atoms with Crippen LogP contribution in [0.3, 0.4) is 0 Å². The molecule has 3 rings (SSSR count). The van der Waals surface area contributed by atoms with E-state index in [9.17, 15) is 14.0 Å². The van der Waals surface area contributed by atoms with Crippen LogP contribution >= 0.6 is 0 Å². The van der Waals surface area contributed by atoms with E-state index in [0.717, 1.165) is 13.0 Å². The van der Waals surface area contributed by atoms with Crippen LogP contribution in [0.2, 0.25) is 0 Å². The molecule has 2 heterocycles. The zero-order valence-electron chi connectivity index (χ0n) is 13.2. The fourth-order valence-electron chi connectivity index (χ4n) is 2.82. The maximum absolute atomic E-state index is 13.8. The van der Waals surface area contributed by atoms with Crippen molar-refractivity contribution >= 4 is 17.5 Å².